The molecule has 0 atom stereocenters. The third kappa shape index (κ3) is 5.01. The molecule has 0 saturated heterocycles. The second-order valence-corrected chi connectivity index (χ2v) is 6.20. The van der Waals surface area contributed by atoms with Crippen molar-refractivity contribution in [3.63, 3.8) is 0 Å². The normalized spacial score (nSPS) is 11.5. The van der Waals surface area contributed by atoms with Crippen LogP contribution in [-0.2, 0) is 10.0 Å². The van der Waals surface area contributed by atoms with E-state index in [1.807, 2.05) is 0 Å². The molecule has 0 aromatic heterocycles. The molecule has 17 heavy (non-hydrogen) atoms. The van der Waals surface area contributed by atoms with Crippen LogP contribution in [0, 0.1) is 5.82 Å². The molecule has 2 N–H and O–H groups in total. The van der Waals surface area contributed by atoms with Gasteiger partial charge in [-0.1, -0.05) is 0 Å². The lowest BCUT2D eigenvalue weighted by Gasteiger charge is -2.09. The van der Waals surface area contributed by atoms with Gasteiger partial charge in [-0.2, -0.15) is 0 Å². The van der Waals surface area contributed by atoms with Crippen LogP contribution < -0.4 is 10.0 Å². The second-order valence-electron chi connectivity index (χ2n) is 3.50. The van der Waals surface area contributed by atoms with Crippen molar-refractivity contribution in [3.05, 3.63) is 28.5 Å². The molecule has 4 nitrogen and oxygen atoms in total. The summed E-state index contributed by atoms with van der Waals surface area (Å²) in [4.78, 5) is 0. The fourth-order valence-electron chi connectivity index (χ4n) is 1.23. The van der Waals surface area contributed by atoms with Gasteiger partial charge in [-0.25, -0.2) is 12.8 Å². The molecular formula is C10H14BrFN2O2S. The summed E-state index contributed by atoms with van der Waals surface area (Å²) in [6.07, 6.45) is 0.499. The number of nitrogens with one attached hydrogen (secondary N) is 2. The minimum Gasteiger partial charge on any atom is -0.320 e. The van der Waals surface area contributed by atoms with Crippen molar-refractivity contribution < 1.29 is 12.8 Å². The number of rotatable bonds is 6. The highest BCUT2D eigenvalue weighted by Gasteiger charge is 2.12. The molecule has 1 aromatic carbocycles. The Hall–Kier alpha value is -0.660. The van der Waals surface area contributed by atoms with Crippen molar-refractivity contribution in [3.8, 4) is 0 Å². The van der Waals surface area contributed by atoms with Gasteiger partial charge in [0.1, 0.15) is 5.82 Å². The third-order valence-electron chi connectivity index (χ3n) is 2.03. The maximum atomic E-state index is 13.0. The summed E-state index contributed by atoms with van der Waals surface area (Å²) in [6.45, 7) is 0.616. The maximum absolute atomic E-state index is 13.0. The second kappa shape index (κ2) is 6.32. The Kier molecular flexibility index (Phi) is 5.35. The van der Waals surface area contributed by atoms with Crippen molar-refractivity contribution in [1.29, 1.82) is 0 Å². The summed E-state index contributed by atoms with van der Waals surface area (Å²) < 4.78 is 39.1. The number of benzene rings is 1. The van der Waals surface area contributed by atoms with Crippen LogP contribution in [0.1, 0.15) is 6.42 Å². The fourth-order valence-corrected chi connectivity index (χ4v) is 2.84. The monoisotopic (exact) mass is 324 g/mol. The van der Waals surface area contributed by atoms with Crippen molar-refractivity contribution in [2.45, 2.75) is 6.42 Å². The van der Waals surface area contributed by atoms with Crippen LogP contribution in [-0.4, -0.2) is 27.8 Å². The van der Waals surface area contributed by atoms with E-state index in [0.29, 0.717) is 17.4 Å². The van der Waals surface area contributed by atoms with E-state index < -0.39 is 15.8 Å². The fraction of sp³-hybridized carbons (Fsp3) is 0.400. The van der Waals surface area contributed by atoms with E-state index in [-0.39, 0.29) is 11.4 Å². The van der Waals surface area contributed by atoms with E-state index in [1.165, 1.54) is 12.1 Å². The first kappa shape index (κ1) is 14.4. The summed E-state index contributed by atoms with van der Waals surface area (Å²) in [5, 5.41) is 2.86. The first-order valence-corrected chi connectivity index (χ1v) is 7.49. The zero-order valence-corrected chi connectivity index (χ0v) is 11.7. The third-order valence-corrected chi connectivity index (χ3v) is 4.08. The zero-order valence-electron chi connectivity index (χ0n) is 9.33. The van der Waals surface area contributed by atoms with Gasteiger partial charge in [0.25, 0.3) is 0 Å². The summed E-state index contributed by atoms with van der Waals surface area (Å²) in [5.41, 5.74) is 0.217. The summed E-state index contributed by atoms with van der Waals surface area (Å²) in [6, 6.07) is 3.85. The van der Waals surface area contributed by atoms with Crippen LogP contribution in [0.5, 0.6) is 0 Å². The van der Waals surface area contributed by atoms with Crippen molar-refractivity contribution in [2.24, 2.45) is 0 Å². The minimum atomic E-state index is -3.43. The molecule has 7 heteroatoms. The summed E-state index contributed by atoms with van der Waals surface area (Å²) in [5.74, 6) is -0.488. The van der Waals surface area contributed by atoms with Crippen molar-refractivity contribution >= 4 is 31.6 Å². The average molecular weight is 325 g/mol. The molecule has 1 aromatic rings. The number of halogens is 2. The van der Waals surface area contributed by atoms with Gasteiger partial charge in [-0.05, 0) is 54.1 Å². The SMILES string of the molecule is CNCCCS(=O)(=O)Nc1cc(F)ccc1Br. The molecule has 0 spiro atoms. The van der Waals surface area contributed by atoms with Gasteiger partial charge in [-0.15, -0.1) is 0 Å². The Labute approximate surface area is 109 Å². The molecule has 0 aliphatic carbocycles. The van der Waals surface area contributed by atoms with Crippen molar-refractivity contribution in [1.82, 2.24) is 5.32 Å². The average Bonchev–Trinajstić information content (AvgIpc) is 2.23. The van der Waals surface area contributed by atoms with Crippen LogP contribution in [0.3, 0.4) is 0 Å². The molecular weight excluding hydrogens is 311 g/mol. The van der Waals surface area contributed by atoms with E-state index in [2.05, 4.69) is 26.0 Å². The Bertz CT molecular complexity index is 479. The lowest BCUT2D eigenvalue weighted by Crippen LogP contribution is -2.20. The van der Waals surface area contributed by atoms with E-state index in [9.17, 15) is 12.8 Å². The Morgan fingerprint density at radius 1 is 1.41 bits per heavy atom. The summed E-state index contributed by atoms with van der Waals surface area (Å²) in [7, 11) is -1.68. The van der Waals surface area contributed by atoms with Crippen LogP contribution in [0.4, 0.5) is 10.1 Å². The molecule has 96 valence electrons. The zero-order chi connectivity index (χ0) is 12.9. The maximum Gasteiger partial charge on any atom is 0.232 e. The van der Waals surface area contributed by atoms with E-state index in [0.717, 1.165) is 6.07 Å². The lowest BCUT2D eigenvalue weighted by molar-refractivity contribution is 0.596. The lowest BCUT2D eigenvalue weighted by atomic mass is 10.3. The molecule has 0 amide bonds. The van der Waals surface area contributed by atoms with Gasteiger partial charge in [0.2, 0.25) is 10.0 Å². The van der Waals surface area contributed by atoms with Crippen LogP contribution in [0.25, 0.3) is 0 Å². The van der Waals surface area contributed by atoms with Crippen LogP contribution >= 0.6 is 15.9 Å². The molecule has 0 unspecified atom stereocenters. The quantitative estimate of drug-likeness (QED) is 0.786. The van der Waals surface area contributed by atoms with Gasteiger partial charge < -0.3 is 5.32 Å². The molecule has 0 fully saturated rings. The Balaban J connectivity index is 2.72. The van der Waals surface area contributed by atoms with E-state index in [4.69, 9.17) is 0 Å². The van der Waals surface area contributed by atoms with Gasteiger partial charge in [0.05, 0.1) is 11.4 Å². The number of sulfonamides is 1. The molecule has 0 bridgehead atoms. The Morgan fingerprint density at radius 2 is 2.12 bits per heavy atom. The van der Waals surface area contributed by atoms with E-state index in [1.54, 1.807) is 7.05 Å². The molecule has 0 heterocycles. The smallest absolute Gasteiger partial charge is 0.232 e. The van der Waals surface area contributed by atoms with Gasteiger partial charge >= 0.3 is 0 Å². The van der Waals surface area contributed by atoms with E-state index >= 15 is 0 Å². The Morgan fingerprint density at radius 3 is 2.76 bits per heavy atom. The molecule has 0 aliphatic heterocycles. The van der Waals surface area contributed by atoms with Gasteiger partial charge in [0, 0.05) is 4.47 Å². The van der Waals surface area contributed by atoms with Crippen LogP contribution in [0.2, 0.25) is 0 Å². The molecule has 0 radical (unpaired) electrons. The van der Waals surface area contributed by atoms with Gasteiger partial charge in [-0.3, -0.25) is 4.72 Å². The largest absolute Gasteiger partial charge is 0.320 e. The topological polar surface area (TPSA) is 58.2 Å². The number of anilines is 1. The predicted octanol–water partition coefficient (Wildman–Crippen LogP) is 1.94. The summed E-state index contributed by atoms with van der Waals surface area (Å²) >= 11 is 3.16. The van der Waals surface area contributed by atoms with Crippen LogP contribution in [0.15, 0.2) is 22.7 Å². The predicted molar refractivity (Wildman–Crippen MR) is 70.1 cm³/mol. The molecule has 0 aliphatic rings. The standard InChI is InChI=1S/C10H14BrFN2O2S/c1-13-5-2-6-17(15,16)14-10-7-8(12)3-4-9(10)11/h3-4,7,13-14H,2,5-6H2,1H3. The number of hydrogen-bond acceptors (Lipinski definition) is 3. The number of hydrogen-bond donors (Lipinski definition) is 2. The molecule has 1 rings (SSSR count). The highest BCUT2D eigenvalue weighted by atomic mass is 79.9. The highest BCUT2D eigenvalue weighted by Crippen LogP contribution is 2.24. The first-order chi connectivity index (χ1) is 7.94. The highest BCUT2D eigenvalue weighted by molar-refractivity contribution is 9.10. The minimum absolute atomic E-state index is 0.00318. The van der Waals surface area contributed by atoms with Crippen molar-refractivity contribution in [2.75, 3.05) is 24.1 Å². The van der Waals surface area contributed by atoms with Gasteiger partial charge in [0.15, 0.2) is 0 Å². The molecule has 0 saturated carbocycles. The first-order valence-electron chi connectivity index (χ1n) is 5.05.